The highest BCUT2D eigenvalue weighted by Crippen LogP contribution is 2.51. The van der Waals surface area contributed by atoms with Gasteiger partial charge in [0.25, 0.3) is 0 Å². The molecule has 0 radical (unpaired) electrons. The molecule has 1 fully saturated rings. The Balaban J connectivity index is 2.34. The van der Waals surface area contributed by atoms with Gasteiger partial charge in [-0.15, -0.1) is 0 Å². The zero-order valence-corrected chi connectivity index (χ0v) is 10.1. The van der Waals surface area contributed by atoms with Crippen LogP contribution in [-0.2, 0) is 0 Å². The molecule has 1 aliphatic carbocycles. The van der Waals surface area contributed by atoms with Crippen LogP contribution < -0.4 is 11.1 Å². The van der Waals surface area contributed by atoms with Gasteiger partial charge in [0.15, 0.2) is 5.96 Å². The van der Waals surface area contributed by atoms with Gasteiger partial charge in [0.2, 0.25) is 0 Å². The maximum absolute atomic E-state index is 5.75. The molecule has 0 spiro atoms. The van der Waals surface area contributed by atoms with E-state index in [9.17, 15) is 0 Å². The minimum absolute atomic E-state index is 0.440. The summed E-state index contributed by atoms with van der Waals surface area (Å²) in [6.45, 7) is 11.9. The lowest BCUT2D eigenvalue weighted by atomic mass is 9.93. The molecule has 0 aliphatic heterocycles. The van der Waals surface area contributed by atoms with E-state index >= 15 is 0 Å². The molecule has 0 bridgehead atoms. The fourth-order valence-electron chi connectivity index (χ4n) is 1.62. The van der Waals surface area contributed by atoms with Crippen molar-refractivity contribution >= 4 is 5.96 Å². The van der Waals surface area contributed by atoms with Gasteiger partial charge >= 0.3 is 0 Å². The molecule has 0 aromatic carbocycles. The van der Waals surface area contributed by atoms with Crippen LogP contribution in [0.2, 0.25) is 0 Å². The molecule has 0 heterocycles. The van der Waals surface area contributed by atoms with E-state index in [0.29, 0.717) is 23.8 Å². The van der Waals surface area contributed by atoms with Crippen molar-refractivity contribution in [3.05, 3.63) is 12.2 Å². The molecule has 86 valence electrons. The number of hydrogen-bond donors (Lipinski definition) is 2. The highest BCUT2D eigenvalue weighted by atomic mass is 15.1. The quantitative estimate of drug-likeness (QED) is 0.413. The summed E-state index contributed by atoms with van der Waals surface area (Å²) < 4.78 is 0. The van der Waals surface area contributed by atoms with Gasteiger partial charge in [0.05, 0.1) is 0 Å². The highest BCUT2D eigenvalue weighted by molar-refractivity contribution is 5.78. The van der Waals surface area contributed by atoms with Gasteiger partial charge in [-0.1, -0.05) is 26.0 Å². The van der Waals surface area contributed by atoms with Gasteiger partial charge < -0.3 is 11.1 Å². The van der Waals surface area contributed by atoms with Crippen LogP contribution in [0.4, 0.5) is 0 Å². The summed E-state index contributed by atoms with van der Waals surface area (Å²) in [4.78, 5) is 4.39. The molecule has 0 aromatic rings. The monoisotopic (exact) mass is 209 g/mol. The number of hydrogen-bond acceptors (Lipinski definition) is 1. The van der Waals surface area contributed by atoms with E-state index in [1.54, 1.807) is 0 Å². The Bertz CT molecular complexity index is 262. The minimum Gasteiger partial charge on any atom is -0.370 e. The first-order valence-corrected chi connectivity index (χ1v) is 5.64. The lowest BCUT2D eigenvalue weighted by Gasteiger charge is -2.17. The van der Waals surface area contributed by atoms with Crippen LogP contribution in [0, 0.1) is 11.3 Å². The van der Waals surface area contributed by atoms with Gasteiger partial charge in [-0.3, -0.25) is 4.99 Å². The van der Waals surface area contributed by atoms with Crippen molar-refractivity contribution in [3.8, 4) is 0 Å². The third kappa shape index (κ3) is 3.57. The van der Waals surface area contributed by atoms with Crippen molar-refractivity contribution in [2.45, 2.75) is 33.6 Å². The zero-order chi connectivity index (χ0) is 11.5. The van der Waals surface area contributed by atoms with E-state index in [4.69, 9.17) is 5.73 Å². The Morgan fingerprint density at radius 3 is 2.53 bits per heavy atom. The second-order valence-electron chi connectivity index (χ2n) is 5.03. The second kappa shape index (κ2) is 4.69. The van der Waals surface area contributed by atoms with Crippen molar-refractivity contribution < 1.29 is 0 Å². The molecule has 0 aromatic heterocycles. The van der Waals surface area contributed by atoms with Crippen LogP contribution in [0.1, 0.15) is 33.6 Å². The molecule has 0 amide bonds. The lowest BCUT2D eigenvalue weighted by molar-refractivity contribution is 0.370. The van der Waals surface area contributed by atoms with E-state index in [0.717, 1.165) is 12.1 Å². The van der Waals surface area contributed by atoms with E-state index in [-0.39, 0.29) is 0 Å². The third-order valence-corrected chi connectivity index (χ3v) is 3.25. The van der Waals surface area contributed by atoms with E-state index in [1.807, 2.05) is 6.92 Å². The summed E-state index contributed by atoms with van der Waals surface area (Å²) in [5.74, 6) is 1.25. The molecule has 0 atom stereocenters. The third-order valence-electron chi connectivity index (χ3n) is 3.25. The van der Waals surface area contributed by atoms with Gasteiger partial charge in [-0.2, -0.15) is 0 Å². The van der Waals surface area contributed by atoms with Crippen LogP contribution in [-0.4, -0.2) is 19.0 Å². The number of nitrogens with one attached hydrogen (secondary N) is 1. The number of nitrogens with zero attached hydrogens (tertiary/aromatic N) is 1. The summed E-state index contributed by atoms with van der Waals surface area (Å²) in [7, 11) is 0. The van der Waals surface area contributed by atoms with Crippen LogP contribution in [0.5, 0.6) is 0 Å². The Morgan fingerprint density at radius 2 is 2.13 bits per heavy atom. The highest BCUT2D eigenvalue weighted by Gasteiger charge is 2.44. The maximum Gasteiger partial charge on any atom is 0.188 e. The van der Waals surface area contributed by atoms with Gasteiger partial charge in [0, 0.05) is 13.1 Å². The molecule has 15 heavy (non-hydrogen) atoms. The Hall–Kier alpha value is -0.990. The van der Waals surface area contributed by atoms with Crippen LogP contribution in [0.15, 0.2) is 17.1 Å². The lowest BCUT2D eigenvalue weighted by Crippen LogP contribution is -2.33. The summed E-state index contributed by atoms with van der Waals surface area (Å²) >= 11 is 0. The molecule has 3 N–H and O–H groups in total. The minimum atomic E-state index is 0.440. The largest absolute Gasteiger partial charge is 0.370 e. The molecule has 3 heteroatoms. The number of guanidine groups is 1. The predicted molar refractivity (Wildman–Crippen MR) is 65.8 cm³/mol. The summed E-state index contributed by atoms with van der Waals surface area (Å²) in [5, 5.41) is 3.05. The molecule has 0 unspecified atom stereocenters. The fraction of sp³-hybridized carbons (Fsp3) is 0.750. The van der Waals surface area contributed by atoms with Crippen molar-refractivity contribution in [1.29, 1.82) is 0 Å². The van der Waals surface area contributed by atoms with E-state index < -0.39 is 0 Å². The van der Waals surface area contributed by atoms with Crippen molar-refractivity contribution in [3.63, 3.8) is 0 Å². The first-order valence-electron chi connectivity index (χ1n) is 5.64. The Morgan fingerprint density at radius 1 is 1.53 bits per heavy atom. The van der Waals surface area contributed by atoms with E-state index in [1.165, 1.54) is 12.8 Å². The molecule has 3 nitrogen and oxygen atoms in total. The van der Waals surface area contributed by atoms with Crippen LogP contribution in [0.3, 0.4) is 0 Å². The van der Waals surface area contributed by atoms with Gasteiger partial charge in [0.1, 0.15) is 0 Å². The summed E-state index contributed by atoms with van der Waals surface area (Å²) in [5.41, 5.74) is 7.26. The zero-order valence-electron chi connectivity index (χ0n) is 10.1. The first kappa shape index (κ1) is 12.1. The topological polar surface area (TPSA) is 50.4 Å². The van der Waals surface area contributed by atoms with Crippen molar-refractivity contribution in [1.82, 2.24) is 5.32 Å². The number of aliphatic imine (C=N–C) groups is 1. The van der Waals surface area contributed by atoms with Gasteiger partial charge in [-0.05, 0) is 31.1 Å². The van der Waals surface area contributed by atoms with E-state index in [2.05, 4.69) is 30.7 Å². The normalized spacial score (nSPS) is 19.1. The average Bonchev–Trinajstić information content (AvgIpc) is 2.92. The predicted octanol–water partition coefficient (Wildman–Crippen LogP) is 1.90. The first-order chi connectivity index (χ1) is 6.96. The molecule has 1 aliphatic rings. The molecular formula is C12H23N3. The fourth-order valence-corrected chi connectivity index (χ4v) is 1.62. The van der Waals surface area contributed by atoms with Crippen molar-refractivity contribution in [2.75, 3.05) is 13.1 Å². The standard InChI is InChI=1S/C12H23N3/c1-9(2)7-14-11(13)15-8-12(5-6-12)10(3)4/h10H,1,5-8H2,2-4H3,(H3,13,14,15). The van der Waals surface area contributed by atoms with Crippen LogP contribution >= 0.6 is 0 Å². The van der Waals surface area contributed by atoms with Crippen molar-refractivity contribution in [2.24, 2.45) is 22.1 Å². The SMILES string of the molecule is C=C(C)CNC(N)=NCC1(C(C)C)CC1. The molecular weight excluding hydrogens is 186 g/mol. The Kier molecular flexibility index (Phi) is 3.77. The van der Waals surface area contributed by atoms with Crippen LogP contribution in [0.25, 0.3) is 0 Å². The number of rotatable bonds is 5. The smallest absolute Gasteiger partial charge is 0.188 e. The maximum atomic E-state index is 5.75. The van der Waals surface area contributed by atoms with Gasteiger partial charge in [-0.25, -0.2) is 0 Å². The molecule has 1 saturated carbocycles. The average molecular weight is 209 g/mol. The Labute approximate surface area is 92.8 Å². The molecule has 0 saturated heterocycles. The number of nitrogens with two attached hydrogens (primary N) is 1. The molecule has 1 rings (SSSR count). The summed E-state index contributed by atoms with van der Waals surface area (Å²) in [6.07, 6.45) is 2.59. The summed E-state index contributed by atoms with van der Waals surface area (Å²) in [6, 6.07) is 0. The second-order valence-corrected chi connectivity index (χ2v) is 5.03.